The van der Waals surface area contributed by atoms with Crippen molar-refractivity contribution in [2.45, 2.75) is 45.2 Å². The predicted octanol–water partition coefficient (Wildman–Crippen LogP) is 2.33. The van der Waals surface area contributed by atoms with Gasteiger partial charge in [-0.2, -0.15) is 0 Å². The Labute approximate surface area is 146 Å². The lowest BCUT2D eigenvalue weighted by Crippen LogP contribution is -2.36. The second kappa shape index (κ2) is 7.13. The fourth-order valence-corrected chi connectivity index (χ4v) is 3.14. The summed E-state index contributed by atoms with van der Waals surface area (Å²) in [6.45, 7) is 4.72. The van der Waals surface area contributed by atoms with Gasteiger partial charge in [0.25, 0.3) is 5.56 Å². The van der Waals surface area contributed by atoms with Crippen LogP contribution in [0.25, 0.3) is 0 Å². The molecule has 1 saturated heterocycles. The predicted molar refractivity (Wildman–Crippen MR) is 91.5 cm³/mol. The number of hydrogen-bond acceptors (Lipinski definition) is 5. The van der Waals surface area contributed by atoms with Gasteiger partial charge >= 0.3 is 0 Å². The Morgan fingerprint density at radius 3 is 2.96 bits per heavy atom. The van der Waals surface area contributed by atoms with E-state index in [9.17, 15) is 9.59 Å². The van der Waals surface area contributed by atoms with Crippen LogP contribution in [-0.4, -0.2) is 34.2 Å². The Bertz CT molecular complexity index is 809. The minimum absolute atomic E-state index is 0.0125. The average Bonchev–Trinajstić information content (AvgIpc) is 3.25. The van der Waals surface area contributed by atoms with Crippen molar-refractivity contribution < 1.29 is 14.1 Å². The molecule has 0 unspecified atom stereocenters. The van der Waals surface area contributed by atoms with Gasteiger partial charge in [0, 0.05) is 24.7 Å². The molecule has 7 heteroatoms. The molecule has 3 heterocycles. The van der Waals surface area contributed by atoms with Crippen molar-refractivity contribution >= 4 is 5.91 Å². The number of nitrogens with zero attached hydrogens (tertiary/aromatic N) is 3. The SMILES string of the molecule is COc1cccn(CC(=O)N2CCC[C@H]2c2cc(C(C)C)on2)c1=O. The smallest absolute Gasteiger partial charge is 0.293 e. The minimum atomic E-state index is -0.308. The summed E-state index contributed by atoms with van der Waals surface area (Å²) >= 11 is 0. The number of pyridine rings is 1. The molecule has 2 aromatic rings. The van der Waals surface area contributed by atoms with Crippen LogP contribution in [0, 0.1) is 0 Å². The largest absolute Gasteiger partial charge is 0.491 e. The normalized spacial score (nSPS) is 17.3. The first-order valence-corrected chi connectivity index (χ1v) is 8.50. The highest BCUT2D eigenvalue weighted by molar-refractivity contribution is 5.76. The molecule has 1 aliphatic rings. The summed E-state index contributed by atoms with van der Waals surface area (Å²) in [6, 6.07) is 5.12. The molecular weight excluding hydrogens is 322 g/mol. The molecule has 0 aromatic carbocycles. The summed E-state index contributed by atoms with van der Waals surface area (Å²) in [5.41, 5.74) is 0.477. The summed E-state index contributed by atoms with van der Waals surface area (Å²) in [6.07, 6.45) is 3.36. The van der Waals surface area contributed by atoms with Crippen LogP contribution < -0.4 is 10.3 Å². The topological polar surface area (TPSA) is 77.6 Å². The number of likely N-dealkylation sites (tertiary alicyclic amines) is 1. The van der Waals surface area contributed by atoms with Crippen molar-refractivity contribution in [2.24, 2.45) is 0 Å². The lowest BCUT2D eigenvalue weighted by atomic mass is 10.1. The van der Waals surface area contributed by atoms with Gasteiger partial charge < -0.3 is 18.7 Å². The van der Waals surface area contributed by atoms with Crippen LogP contribution in [0.3, 0.4) is 0 Å². The number of methoxy groups -OCH3 is 1. The fraction of sp³-hybridized carbons (Fsp3) is 0.500. The van der Waals surface area contributed by atoms with Crippen molar-refractivity contribution in [3.63, 3.8) is 0 Å². The zero-order valence-corrected chi connectivity index (χ0v) is 14.8. The van der Waals surface area contributed by atoms with Gasteiger partial charge in [-0.05, 0) is 25.0 Å². The van der Waals surface area contributed by atoms with Crippen LogP contribution in [0.4, 0.5) is 0 Å². The first kappa shape index (κ1) is 17.3. The fourth-order valence-electron chi connectivity index (χ4n) is 3.14. The minimum Gasteiger partial charge on any atom is -0.491 e. The zero-order valence-electron chi connectivity index (χ0n) is 14.8. The molecule has 3 rings (SSSR count). The van der Waals surface area contributed by atoms with Crippen LogP contribution in [0.15, 0.2) is 33.7 Å². The number of aromatic nitrogens is 2. The summed E-state index contributed by atoms with van der Waals surface area (Å²) in [7, 11) is 1.44. The Hall–Kier alpha value is -2.57. The second-order valence-electron chi connectivity index (χ2n) is 6.56. The molecule has 25 heavy (non-hydrogen) atoms. The monoisotopic (exact) mass is 345 g/mol. The maximum atomic E-state index is 12.8. The van der Waals surface area contributed by atoms with Gasteiger partial charge in [-0.15, -0.1) is 0 Å². The maximum Gasteiger partial charge on any atom is 0.293 e. The molecule has 0 aliphatic carbocycles. The molecule has 0 spiro atoms. The average molecular weight is 345 g/mol. The lowest BCUT2D eigenvalue weighted by molar-refractivity contribution is -0.132. The van der Waals surface area contributed by atoms with Crippen LogP contribution in [0.1, 0.15) is 50.1 Å². The lowest BCUT2D eigenvalue weighted by Gasteiger charge is -2.23. The van der Waals surface area contributed by atoms with Crippen LogP contribution >= 0.6 is 0 Å². The molecule has 0 bridgehead atoms. The molecule has 2 aromatic heterocycles. The first-order valence-electron chi connectivity index (χ1n) is 8.50. The summed E-state index contributed by atoms with van der Waals surface area (Å²) in [5, 5.41) is 4.15. The van der Waals surface area contributed by atoms with E-state index >= 15 is 0 Å². The van der Waals surface area contributed by atoms with Gasteiger partial charge in [-0.3, -0.25) is 9.59 Å². The van der Waals surface area contributed by atoms with Crippen molar-refractivity contribution in [3.8, 4) is 5.75 Å². The highest BCUT2D eigenvalue weighted by atomic mass is 16.5. The van der Waals surface area contributed by atoms with E-state index in [0.29, 0.717) is 6.54 Å². The van der Waals surface area contributed by atoms with Crippen LogP contribution in [-0.2, 0) is 11.3 Å². The molecule has 1 fully saturated rings. The van der Waals surface area contributed by atoms with E-state index in [1.165, 1.54) is 11.7 Å². The Kier molecular flexibility index (Phi) is 4.92. The van der Waals surface area contributed by atoms with Crippen molar-refractivity contribution in [1.82, 2.24) is 14.6 Å². The molecule has 0 saturated carbocycles. The highest BCUT2D eigenvalue weighted by Crippen LogP contribution is 2.32. The third-order valence-corrected chi connectivity index (χ3v) is 4.54. The number of carbonyl (C=O) groups excluding carboxylic acids is 1. The van der Waals surface area contributed by atoms with Gasteiger partial charge in [0.1, 0.15) is 18.0 Å². The quantitative estimate of drug-likeness (QED) is 0.831. The van der Waals surface area contributed by atoms with Gasteiger partial charge in [-0.25, -0.2) is 0 Å². The van der Waals surface area contributed by atoms with Gasteiger partial charge in [0.05, 0.1) is 13.2 Å². The first-order chi connectivity index (χ1) is 12.0. The van der Waals surface area contributed by atoms with E-state index in [1.807, 2.05) is 19.9 Å². The third-order valence-electron chi connectivity index (χ3n) is 4.54. The zero-order chi connectivity index (χ0) is 18.0. The van der Waals surface area contributed by atoms with E-state index in [4.69, 9.17) is 9.26 Å². The Balaban J connectivity index is 1.78. The maximum absolute atomic E-state index is 12.8. The van der Waals surface area contributed by atoms with E-state index in [1.54, 1.807) is 23.2 Å². The van der Waals surface area contributed by atoms with E-state index in [0.717, 1.165) is 24.3 Å². The van der Waals surface area contributed by atoms with Crippen LogP contribution in [0.2, 0.25) is 0 Å². The molecule has 0 N–H and O–H groups in total. The molecule has 134 valence electrons. The molecular formula is C18H23N3O4. The van der Waals surface area contributed by atoms with Crippen molar-refractivity contribution in [3.05, 3.63) is 46.2 Å². The molecule has 1 atom stereocenters. The Morgan fingerprint density at radius 1 is 1.48 bits per heavy atom. The van der Waals surface area contributed by atoms with E-state index in [-0.39, 0.29) is 35.7 Å². The standard InChI is InChI=1S/C18H23N3O4/c1-12(2)16-10-13(19-25-16)14-6-4-9-21(14)17(22)11-20-8-5-7-15(24-3)18(20)23/h5,7-8,10,12,14H,4,6,9,11H2,1-3H3/t14-/m0/s1. The molecule has 7 nitrogen and oxygen atoms in total. The van der Waals surface area contributed by atoms with Gasteiger partial charge in [0.2, 0.25) is 5.91 Å². The number of rotatable bonds is 5. The Morgan fingerprint density at radius 2 is 2.28 bits per heavy atom. The number of hydrogen-bond donors (Lipinski definition) is 0. The number of carbonyl (C=O) groups is 1. The summed E-state index contributed by atoms with van der Waals surface area (Å²) in [5.74, 6) is 1.19. The number of amides is 1. The van der Waals surface area contributed by atoms with E-state index < -0.39 is 0 Å². The number of ether oxygens (including phenoxy) is 1. The summed E-state index contributed by atoms with van der Waals surface area (Å²) < 4.78 is 11.8. The second-order valence-corrected chi connectivity index (χ2v) is 6.56. The molecule has 1 amide bonds. The third kappa shape index (κ3) is 3.45. The highest BCUT2D eigenvalue weighted by Gasteiger charge is 2.32. The van der Waals surface area contributed by atoms with E-state index in [2.05, 4.69) is 5.16 Å². The van der Waals surface area contributed by atoms with Gasteiger partial charge in [-0.1, -0.05) is 19.0 Å². The van der Waals surface area contributed by atoms with Crippen molar-refractivity contribution in [1.29, 1.82) is 0 Å². The molecule has 0 radical (unpaired) electrons. The molecule has 1 aliphatic heterocycles. The summed E-state index contributed by atoms with van der Waals surface area (Å²) in [4.78, 5) is 26.8. The van der Waals surface area contributed by atoms with Crippen molar-refractivity contribution in [2.75, 3.05) is 13.7 Å². The van der Waals surface area contributed by atoms with Crippen LogP contribution in [0.5, 0.6) is 5.75 Å². The van der Waals surface area contributed by atoms with Gasteiger partial charge in [0.15, 0.2) is 5.75 Å².